The molecule has 156 valence electrons. The SMILES string of the molecule is Cc1nnc(NC(=O)c2csc([C@@H]3C[C@H]3NC(=O)OC(C3CC3)C(C)(C)C)c2)s1. The van der Waals surface area contributed by atoms with Crippen molar-refractivity contribution in [1.82, 2.24) is 15.5 Å². The van der Waals surface area contributed by atoms with Crippen LogP contribution in [-0.2, 0) is 4.74 Å². The topological polar surface area (TPSA) is 93.2 Å². The molecule has 2 heterocycles. The van der Waals surface area contributed by atoms with Gasteiger partial charge in [-0.25, -0.2) is 4.79 Å². The molecule has 0 spiro atoms. The van der Waals surface area contributed by atoms with E-state index in [0.717, 1.165) is 29.1 Å². The number of anilines is 1. The molecule has 0 aliphatic heterocycles. The van der Waals surface area contributed by atoms with E-state index in [-0.39, 0.29) is 35.5 Å². The first-order valence-electron chi connectivity index (χ1n) is 9.88. The smallest absolute Gasteiger partial charge is 0.407 e. The van der Waals surface area contributed by atoms with E-state index in [1.54, 1.807) is 11.3 Å². The first-order valence-corrected chi connectivity index (χ1v) is 11.6. The van der Waals surface area contributed by atoms with Gasteiger partial charge >= 0.3 is 6.09 Å². The molecule has 4 rings (SSSR count). The summed E-state index contributed by atoms with van der Waals surface area (Å²) in [6.45, 7) is 8.19. The Morgan fingerprint density at radius 2 is 2.03 bits per heavy atom. The molecular weight excluding hydrogens is 408 g/mol. The van der Waals surface area contributed by atoms with Crippen molar-refractivity contribution in [2.45, 2.75) is 65.0 Å². The molecule has 0 saturated heterocycles. The number of carbonyl (C=O) groups excluding carboxylic acids is 2. The van der Waals surface area contributed by atoms with Gasteiger partial charge in [0.2, 0.25) is 5.13 Å². The van der Waals surface area contributed by atoms with E-state index in [1.165, 1.54) is 11.3 Å². The van der Waals surface area contributed by atoms with Gasteiger partial charge in [0.25, 0.3) is 5.91 Å². The van der Waals surface area contributed by atoms with Crippen molar-refractivity contribution in [3.05, 3.63) is 26.9 Å². The molecule has 29 heavy (non-hydrogen) atoms. The highest BCUT2D eigenvalue weighted by molar-refractivity contribution is 7.15. The summed E-state index contributed by atoms with van der Waals surface area (Å²) in [5.41, 5.74) is 0.552. The Labute approximate surface area is 178 Å². The molecule has 2 aliphatic carbocycles. The van der Waals surface area contributed by atoms with Gasteiger partial charge in [0.05, 0.1) is 5.56 Å². The lowest BCUT2D eigenvalue weighted by Gasteiger charge is -2.30. The van der Waals surface area contributed by atoms with Gasteiger partial charge in [-0.15, -0.1) is 21.5 Å². The highest BCUT2D eigenvalue weighted by atomic mass is 32.1. The van der Waals surface area contributed by atoms with Crippen LogP contribution < -0.4 is 10.6 Å². The number of hydrogen-bond donors (Lipinski definition) is 2. The second-order valence-corrected chi connectivity index (χ2v) is 11.1. The van der Waals surface area contributed by atoms with Gasteiger partial charge in [0, 0.05) is 22.2 Å². The highest BCUT2D eigenvalue weighted by Crippen LogP contribution is 2.45. The molecule has 9 heteroatoms. The maximum absolute atomic E-state index is 12.4. The molecule has 2 amide bonds. The summed E-state index contributed by atoms with van der Waals surface area (Å²) in [5, 5.41) is 16.7. The summed E-state index contributed by atoms with van der Waals surface area (Å²) >= 11 is 2.89. The van der Waals surface area contributed by atoms with Crippen molar-refractivity contribution in [2.24, 2.45) is 11.3 Å². The van der Waals surface area contributed by atoms with Gasteiger partial charge in [-0.2, -0.15) is 0 Å². The lowest BCUT2D eigenvalue weighted by atomic mass is 9.86. The van der Waals surface area contributed by atoms with Crippen LogP contribution in [0.4, 0.5) is 9.93 Å². The number of aryl methyl sites for hydroxylation is 1. The molecule has 0 bridgehead atoms. The minimum absolute atomic E-state index is 0.0410. The maximum Gasteiger partial charge on any atom is 0.407 e. The molecule has 2 aliphatic rings. The number of thiophene rings is 1. The van der Waals surface area contributed by atoms with Crippen molar-refractivity contribution in [3.8, 4) is 0 Å². The van der Waals surface area contributed by atoms with Crippen molar-refractivity contribution >= 4 is 39.8 Å². The second kappa shape index (κ2) is 7.68. The zero-order chi connectivity index (χ0) is 20.8. The summed E-state index contributed by atoms with van der Waals surface area (Å²) in [4.78, 5) is 25.8. The Kier molecular flexibility index (Phi) is 5.37. The number of hydrogen-bond acceptors (Lipinski definition) is 7. The van der Waals surface area contributed by atoms with Gasteiger partial charge in [-0.3, -0.25) is 10.1 Å². The molecule has 7 nitrogen and oxygen atoms in total. The number of carbonyl (C=O) groups is 2. The van der Waals surface area contributed by atoms with Crippen molar-refractivity contribution in [3.63, 3.8) is 0 Å². The molecule has 2 fully saturated rings. The van der Waals surface area contributed by atoms with E-state index in [4.69, 9.17) is 4.74 Å². The van der Waals surface area contributed by atoms with E-state index in [0.29, 0.717) is 16.6 Å². The van der Waals surface area contributed by atoms with E-state index < -0.39 is 0 Å². The third kappa shape index (κ3) is 4.95. The van der Waals surface area contributed by atoms with E-state index in [2.05, 4.69) is 41.6 Å². The average Bonchev–Trinajstić information content (AvgIpc) is 3.52. The number of nitrogens with one attached hydrogen (secondary N) is 2. The van der Waals surface area contributed by atoms with Crippen LogP contribution in [0.3, 0.4) is 0 Å². The van der Waals surface area contributed by atoms with Gasteiger partial charge in [-0.1, -0.05) is 32.1 Å². The van der Waals surface area contributed by atoms with Crippen LogP contribution in [0.2, 0.25) is 0 Å². The first kappa shape index (κ1) is 20.3. The quantitative estimate of drug-likeness (QED) is 0.695. The summed E-state index contributed by atoms with van der Waals surface area (Å²) in [7, 11) is 0. The zero-order valence-electron chi connectivity index (χ0n) is 17.0. The van der Waals surface area contributed by atoms with E-state index in [9.17, 15) is 9.59 Å². The van der Waals surface area contributed by atoms with Crippen molar-refractivity contribution in [1.29, 1.82) is 0 Å². The number of nitrogens with zero attached hydrogens (tertiary/aromatic N) is 2. The molecule has 2 saturated carbocycles. The summed E-state index contributed by atoms with van der Waals surface area (Å²) in [6.07, 6.45) is 2.78. The number of rotatable bonds is 6. The van der Waals surface area contributed by atoms with Crippen LogP contribution >= 0.6 is 22.7 Å². The fourth-order valence-electron chi connectivity index (χ4n) is 3.53. The van der Waals surface area contributed by atoms with Crippen LogP contribution in [0.25, 0.3) is 0 Å². The van der Waals surface area contributed by atoms with Crippen molar-refractivity contribution in [2.75, 3.05) is 5.32 Å². The Bertz CT molecular complexity index is 913. The fourth-order valence-corrected chi connectivity index (χ4v) is 5.19. The third-order valence-electron chi connectivity index (χ3n) is 5.23. The van der Waals surface area contributed by atoms with Gasteiger partial charge in [-0.05, 0) is 43.6 Å². The van der Waals surface area contributed by atoms with Crippen LogP contribution in [0.5, 0.6) is 0 Å². The predicted molar refractivity (Wildman–Crippen MR) is 114 cm³/mol. The van der Waals surface area contributed by atoms with Gasteiger partial charge < -0.3 is 10.1 Å². The molecule has 0 radical (unpaired) electrons. The minimum Gasteiger partial charge on any atom is -0.445 e. The Balaban J connectivity index is 1.29. The first-order chi connectivity index (χ1) is 13.7. The fraction of sp³-hybridized carbons (Fsp3) is 0.600. The standard InChI is InChI=1S/C20H26N4O3S2/c1-10-23-24-18(29-10)22-17(25)12-7-15(28-9-12)13-8-14(13)21-19(26)27-16(11-5-6-11)20(2,3)4/h7,9,11,13-14,16H,5-6,8H2,1-4H3,(H,21,26)(H,22,24,25)/t13-,14-,16?/m1/s1. The molecule has 3 atom stereocenters. The van der Waals surface area contributed by atoms with Crippen molar-refractivity contribution < 1.29 is 14.3 Å². The molecule has 2 aromatic heterocycles. The average molecular weight is 435 g/mol. The molecule has 0 aromatic carbocycles. The third-order valence-corrected chi connectivity index (χ3v) is 7.04. The summed E-state index contributed by atoms with van der Waals surface area (Å²) < 4.78 is 5.76. The number of aromatic nitrogens is 2. The molecular formula is C20H26N4O3S2. The second-order valence-electron chi connectivity index (χ2n) is 8.94. The summed E-state index contributed by atoms with van der Waals surface area (Å²) in [6, 6.07) is 1.97. The molecule has 2 aromatic rings. The van der Waals surface area contributed by atoms with Gasteiger partial charge in [0.15, 0.2) is 0 Å². The maximum atomic E-state index is 12.4. The Morgan fingerprint density at radius 3 is 2.66 bits per heavy atom. The normalized spacial score (nSPS) is 22.1. The highest BCUT2D eigenvalue weighted by Gasteiger charge is 2.44. The zero-order valence-corrected chi connectivity index (χ0v) is 18.7. The predicted octanol–water partition coefficient (Wildman–Crippen LogP) is 4.57. The Hall–Kier alpha value is -2.00. The van der Waals surface area contributed by atoms with E-state index >= 15 is 0 Å². The van der Waals surface area contributed by atoms with Crippen LogP contribution in [0, 0.1) is 18.3 Å². The minimum atomic E-state index is -0.328. The largest absolute Gasteiger partial charge is 0.445 e. The number of ether oxygens (including phenoxy) is 1. The monoisotopic (exact) mass is 434 g/mol. The lowest BCUT2D eigenvalue weighted by Crippen LogP contribution is -2.38. The number of amides is 2. The Morgan fingerprint density at radius 1 is 1.28 bits per heavy atom. The summed E-state index contributed by atoms with van der Waals surface area (Å²) in [5.74, 6) is 0.545. The van der Waals surface area contributed by atoms with Crippen LogP contribution in [0.1, 0.15) is 66.2 Å². The number of alkyl carbamates (subject to hydrolysis) is 1. The van der Waals surface area contributed by atoms with E-state index in [1.807, 2.05) is 18.4 Å². The van der Waals surface area contributed by atoms with Crippen LogP contribution in [-0.4, -0.2) is 34.3 Å². The molecule has 2 N–H and O–H groups in total. The lowest BCUT2D eigenvalue weighted by molar-refractivity contribution is 0.0168. The molecule has 1 unspecified atom stereocenters. The van der Waals surface area contributed by atoms with Gasteiger partial charge in [0.1, 0.15) is 11.1 Å². The van der Waals surface area contributed by atoms with Crippen LogP contribution in [0.15, 0.2) is 11.4 Å².